The minimum atomic E-state index is -4.26. The van der Waals surface area contributed by atoms with Gasteiger partial charge in [-0.3, -0.25) is 0 Å². The van der Waals surface area contributed by atoms with E-state index >= 15 is 0 Å². The summed E-state index contributed by atoms with van der Waals surface area (Å²) in [5.74, 6) is 0. The average molecular weight is 279 g/mol. The molecule has 2 aromatic rings. The predicted octanol–water partition coefficient (Wildman–Crippen LogP) is 3.39. The number of halogens is 3. The maximum Gasteiger partial charge on any atom is 0.416 e. The van der Waals surface area contributed by atoms with Crippen LogP contribution in [0.2, 0.25) is 0 Å². The summed E-state index contributed by atoms with van der Waals surface area (Å²) in [5.41, 5.74) is -0.595. The van der Waals surface area contributed by atoms with E-state index in [9.17, 15) is 13.2 Å². The third-order valence-electron chi connectivity index (χ3n) is 2.73. The zero-order valence-corrected chi connectivity index (χ0v) is 11.2. The van der Waals surface area contributed by atoms with Crippen molar-refractivity contribution in [2.24, 2.45) is 0 Å². The molecule has 3 radical (unpaired) electrons. The van der Waals surface area contributed by atoms with Crippen LogP contribution in [0.1, 0.15) is 5.56 Å². The molecule has 0 fully saturated rings. The van der Waals surface area contributed by atoms with Crippen molar-refractivity contribution in [2.45, 2.75) is 6.18 Å². The molecule has 1 atom stereocenters. The lowest BCUT2D eigenvalue weighted by atomic mass is 10.2. The Kier molecular flexibility index (Phi) is 5.19. The lowest BCUT2D eigenvalue weighted by Crippen LogP contribution is -2.12. The molecule has 2 rings (SSSR count). The number of rotatable bonds is 2. The molecule has 0 N–H and O–H groups in total. The van der Waals surface area contributed by atoms with Gasteiger partial charge in [-0.05, 0) is 37.3 Å². The van der Waals surface area contributed by atoms with Gasteiger partial charge in [0.25, 0.3) is 0 Å². The molecule has 5 heteroatoms. The largest absolute Gasteiger partial charge is 0.416 e. The standard InChI is InChI=1S/C14H12F3P.B/c1-18(12-5-3-2-4-6-12)13-9-7-11(8-10-13)14(15,16)17;/h2-10H,1H3;. The van der Waals surface area contributed by atoms with E-state index in [2.05, 4.69) is 0 Å². The van der Waals surface area contributed by atoms with E-state index in [-0.39, 0.29) is 8.41 Å². The minimum Gasteiger partial charge on any atom is -0.166 e. The van der Waals surface area contributed by atoms with Crippen molar-refractivity contribution in [3.05, 3.63) is 60.2 Å². The monoisotopic (exact) mass is 279 g/mol. The molecular formula is C14H12BF3P. The van der Waals surface area contributed by atoms with Crippen LogP contribution in [0.4, 0.5) is 13.2 Å². The van der Waals surface area contributed by atoms with Crippen LogP contribution < -0.4 is 10.6 Å². The van der Waals surface area contributed by atoms with Gasteiger partial charge in [0.1, 0.15) is 0 Å². The highest BCUT2D eigenvalue weighted by molar-refractivity contribution is 7.72. The summed E-state index contributed by atoms with van der Waals surface area (Å²) >= 11 is 0. The molecule has 1 unspecified atom stereocenters. The SMILES string of the molecule is CP(c1ccccc1)c1ccc(C(F)(F)F)cc1.[B]. The number of benzene rings is 2. The van der Waals surface area contributed by atoms with Crippen LogP contribution in [0.5, 0.6) is 0 Å². The highest BCUT2D eigenvalue weighted by Gasteiger charge is 2.30. The number of alkyl halides is 3. The molecule has 0 saturated heterocycles. The van der Waals surface area contributed by atoms with Crippen LogP contribution in [-0.4, -0.2) is 15.1 Å². The van der Waals surface area contributed by atoms with Crippen LogP contribution in [-0.2, 0) is 6.18 Å². The fourth-order valence-electron chi connectivity index (χ4n) is 1.67. The Hall–Kier alpha value is -1.28. The molecule has 19 heavy (non-hydrogen) atoms. The molecule has 2 aromatic carbocycles. The van der Waals surface area contributed by atoms with Gasteiger partial charge in [0.15, 0.2) is 0 Å². The highest BCUT2D eigenvalue weighted by Crippen LogP contribution is 2.32. The molecule has 0 aromatic heterocycles. The maximum absolute atomic E-state index is 12.4. The van der Waals surface area contributed by atoms with Crippen LogP contribution in [0.25, 0.3) is 0 Å². The lowest BCUT2D eigenvalue weighted by molar-refractivity contribution is -0.137. The van der Waals surface area contributed by atoms with Crippen LogP contribution in [0.3, 0.4) is 0 Å². The van der Waals surface area contributed by atoms with Crippen molar-refractivity contribution < 1.29 is 13.2 Å². The zero-order valence-electron chi connectivity index (χ0n) is 10.4. The summed E-state index contributed by atoms with van der Waals surface area (Å²) in [5, 5.41) is 2.11. The molecule has 0 aliphatic carbocycles. The first-order chi connectivity index (χ1) is 8.48. The summed E-state index contributed by atoms with van der Waals surface area (Å²) in [6.45, 7) is 2.05. The van der Waals surface area contributed by atoms with Gasteiger partial charge in [0, 0.05) is 8.41 Å². The summed E-state index contributed by atoms with van der Waals surface area (Å²) in [7, 11) is -0.586. The van der Waals surface area contributed by atoms with Gasteiger partial charge in [-0.15, -0.1) is 0 Å². The first-order valence-electron chi connectivity index (χ1n) is 5.44. The highest BCUT2D eigenvalue weighted by atomic mass is 31.1. The molecule has 0 saturated carbocycles. The summed E-state index contributed by atoms with van der Waals surface area (Å²) in [4.78, 5) is 0. The molecule has 97 valence electrons. The van der Waals surface area contributed by atoms with Crippen LogP contribution in [0.15, 0.2) is 54.6 Å². The first-order valence-corrected chi connectivity index (χ1v) is 7.23. The van der Waals surface area contributed by atoms with E-state index < -0.39 is 19.7 Å². The molecular weight excluding hydrogens is 267 g/mol. The second kappa shape index (κ2) is 6.25. The van der Waals surface area contributed by atoms with Crippen molar-refractivity contribution in [3.8, 4) is 0 Å². The molecule has 0 aliphatic heterocycles. The molecule has 0 heterocycles. The third kappa shape index (κ3) is 3.84. The van der Waals surface area contributed by atoms with Crippen LogP contribution in [0, 0.1) is 0 Å². The fourth-order valence-corrected chi connectivity index (χ4v) is 3.19. The average Bonchev–Trinajstić information content (AvgIpc) is 2.38. The van der Waals surface area contributed by atoms with Crippen LogP contribution >= 0.6 is 7.92 Å². The van der Waals surface area contributed by atoms with E-state index in [1.165, 1.54) is 0 Å². The summed E-state index contributed by atoms with van der Waals surface area (Å²) in [6, 6.07) is 15.3. The summed E-state index contributed by atoms with van der Waals surface area (Å²) < 4.78 is 37.3. The van der Waals surface area contributed by atoms with Gasteiger partial charge in [0.05, 0.1) is 5.56 Å². The Bertz CT molecular complexity index is 508. The van der Waals surface area contributed by atoms with E-state index in [0.29, 0.717) is 0 Å². The van der Waals surface area contributed by atoms with Crippen molar-refractivity contribution >= 4 is 26.9 Å². The maximum atomic E-state index is 12.4. The second-order valence-electron chi connectivity index (χ2n) is 3.94. The minimum absolute atomic E-state index is 0. The number of hydrogen-bond donors (Lipinski definition) is 0. The Morgan fingerprint density at radius 3 is 1.74 bits per heavy atom. The normalized spacial score (nSPS) is 12.6. The molecule has 0 amide bonds. The van der Waals surface area contributed by atoms with Gasteiger partial charge >= 0.3 is 6.18 Å². The van der Waals surface area contributed by atoms with Gasteiger partial charge in [-0.25, -0.2) is 0 Å². The Balaban J connectivity index is 0.00000180. The molecule has 0 aliphatic rings. The van der Waals surface area contributed by atoms with Crippen molar-refractivity contribution in [1.82, 2.24) is 0 Å². The Morgan fingerprint density at radius 1 is 0.789 bits per heavy atom. The lowest BCUT2D eigenvalue weighted by Gasteiger charge is -2.14. The zero-order chi connectivity index (χ0) is 13.2. The quantitative estimate of drug-likeness (QED) is 0.584. The number of hydrogen-bond acceptors (Lipinski definition) is 0. The van der Waals surface area contributed by atoms with E-state index in [4.69, 9.17) is 0 Å². The van der Waals surface area contributed by atoms with Gasteiger partial charge in [-0.2, -0.15) is 13.2 Å². The molecule has 0 nitrogen and oxygen atoms in total. The second-order valence-corrected chi connectivity index (χ2v) is 6.09. The van der Waals surface area contributed by atoms with Gasteiger partial charge in [-0.1, -0.05) is 42.5 Å². The van der Waals surface area contributed by atoms with E-state index in [1.54, 1.807) is 12.1 Å². The molecule has 0 spiro atoms. The van der Waals surface area contributed by atoms with Crippen molar-refractivity contribution in [1.29, 1.82) is 0 Å². The predicted molar refractivity (Wildman–Crippen MR) is 75.8 cm³/mol. The van der Waals surface area contributed by atoms with Crippen molar-refractivity contribution in [3.63, 3.8) is 0 Å². The van der Waals surface area contributed by atoms with E-state index in [1.807, 2.05) is 37.0 Å². The smallest absolute Gasteiger partial charge is 0.166 e. The van der Waals surface area contributed by atoms with Crippen molar-refractivity contribution in [2.75, 3.05) is 6.66 Å². The van der Waals surface area contributed by atoms with E-state index in [0.717, 1.165) is 22.7 Å². The first kappa shape index (κ1) is 15.8. The van der Waals surface area contributed by atoms with Gasteiger partial charge in [0.2, 0.25) is 0 Å². The Labute approximate surface area is 114 Å². The summed E-state index contributed by atoms with van der Waals surface area (Å²) in [6.07, 6.45) is -4.26. The third-order valence-corrected chi connectivity index (χ3v) is 4.87. The van der Waals surface area contributed by atoms with Gasteiger partial charge < -0.3 is 0 Å². The fraction of sp³-hybridized carbons (Fsp3) is 0.143. The topological polar surface area (TPSA) is 0 Å². The Morgan fingerprint density at radius 2 is 1.26 bits per heavy atom. The molecule has 0 bridgehead atoms.